The lowest BCUT2D eigenvalue weighted by molar-refractivity contribution is 0.129. The van der Waals surface area contributed by atoms with E-state index < -0.39 is 0 Å². The smallest absolute Gasteiger partial charge is 0.191 e. The molecule has 3 N–H and O–H groups in total. The van der Waals surface area contributed by atoms with Crippen molar-refractivity contribution in [3.63, 3.8) is 0 Å². The number of hydrogen-bond acceptors (Lipinski definition) is 4. The van der Waals surface area contributed by atoms with E-state index in [1.54, 1.807) is 6.07 Å². The average Bonchev–Trinajstić information content (AvgIpc) is 2.61. The predicted molar refractivity (Wildman–Crippen MR) is 102 cm³/mol. The number of rotatable bonds is 12. The van der Waals surface area contributed by atoms with E-state index in [1.807, 2.05) is 26.0 Å². The first-order valence-corrected chi connectivity index (χ1v) is 9.25. The number of aromatic hydroxyl groups is 1. The first kappa shape index (κ1) is 21.1. The maximum absolute atomic E-state index is 9.75. The third kappa shape index (κ3) is 9.19. The van der Waals surface area contributed by atoms with Gasteiger partial charge in [-0.1, -0.05) is 19.4 Å². The van der Waals surface area contributed by atoms with E-state index in [1.165, 1.54) is 0 Å². The largest absolute Gasteiger partial charge is 0.504 e. The summed E-state index contributed by atoms with van der Waals surface area (Å²) in [7, 11) is 0. The summed E-state index contributed by atoms with van der Waals surface area (Å²) in [5.41, 5.74) is 0.987. The Bertz CT molecular complexity index is 507. The molecule has 0 spiro atoms. The molecule has 1 aromatic carbocycles. The highest BCUT2D eigenvalue weighted by molar-refractivity contribution is 5.79. The van der Waals surface area contributed by atoms with Gasteiger partial charge in [0.25, 0.3) is 0 Å². The van der Waals surface area contributed by atoms with Gasteiger partial charge in [-0.3, -0.25) is 0 Å². The van der Waals surface area contributed by atoms with Crippen molar-refractivity contribution in [3.05, 3.63) is 23.8 Å². The van der Waals surface area contributed by atoms with Crippen LogP contribution in [0.3, 0.4) is 0 Å². The highest BCUT2D eigenvalue weighted by Crippen LogP contribution is 2.27. The third-order valence-electron chi connectivity index (χ3n) is 3.49. The Hall–Kier alpha value is -1.95. The summed E-state index contributed by atoms with van der Waals surface area (Å²) in [5, 5.41) is 16.3. The monoisotopic (exact) mass is 351 g/mol. The Morgan fingerprint density at radius 1 is 1.12 bits per heavy atom. The minimum atomic E-state index is 0.155. The molecule has 0 bridgehead atoms. The van der Waals surface area contributed by atoms with Crippen molar-refractivity contribution < 1.29 is 14.6 Å². The van der Waals surface area contributed by atoms with Gasteiger partial charge < -0.3 is 25.2 Å². The molecule has 6 heteroatoms. The summed E-state index contributed by atoms with van der Waals surface area (Å²) in [6.07, 6.45) is 3.23. The number of ether oxygens (including phenoxy) is 2. The Morgan fingerprint density at radius 2 is 1.92 bits per heavy atom. The molecule has 1 aromatic rings. The van der Waals surface area contributed by atoms with E-state index in [2.05, 4.69) is 22.5 Å². The molecule has 0 radical (unpaired) electrons. The number of unbranched alkanes of at least 4 members (excludes halogenated alkanes) is 1. The van der Waals surface area contributed by atoms with E-state index in [-0.39, 0.29) is 5.75 Å². The summed E-state index contributed by atoms with van der Waals surface area (Å²) < 4.78 is 11.0. The van der Waals surface area contributed by atoms with Gasteiger partial charge in [0, 0.05) is 26.3 Å². The predicted octanol–water partition coefficient (Wildman–Crippen LogP) is 3.05. The Morgan fingerprint density at radius 3 is 2.64 bits per heavy atom. The van der Waals surface area contributed by atoms with Gasteiger partial charge in [0.1, 0.15) is 0 Å². The zero-order valence-corrected chi connectivity index (χ0v) is 15.8. The molecule has 1 rings (SSSR count). The number of hydrogen-bond donors (Lipinski definition) is 3. The fraction of sp³-hybridized carbons (Fsp3) is 0.632. The summed E-state index contributed by atoms with van der Waals surface area (Å²) in [6, 6.07) is 5.32. The van der Waals surface area contributed by atoms with Gasteiger partial charge in [0.05, 0.1) is 13.2 Å². The van der Waals surface area contributed by atoms with E-state index in [0.717, 1.165) is 57.1 Å². The number of aliphatic imine (C=N–C) groups is 1. The number of phenolic OH excluding ortho intramolecular Hbond substituents is 1. The second kappa shape index (κ2) is 13.4. The van der Waals surface area contributed by atoms with Crippen LogP contribution in [0.5, 0.6) is 11.5 Å². The topological polar surface area (TPSA) is 75.1 Å². The van der Waals surface area contributed by atoms with Crippen molar-refractivity contribution in [2.75, 3.05) is 32.9 Å². The normalized spacial score (nSPS) is 11.4. The van der Waals surface area contributed by atoms with Gasteiger partial charge in [-0.25, -0.2) is 4.99 Å². The lowest BCUT2D eigenvalue weighted by Crippen LogP contribution is -2.38. The van der Waals surface area contributed by atoms with Crippen molar-refractivity contribution in [1.29, 1.82) is 0 Å². The zero-order valence-electron chi connectivity index (χ0n) is 15.8. The van der Waals surface area contributed by atoms with Crippen LogP contribution in [0.1, 0.15) is 45.6 Å². The first-order chi connectivity index (χ1) is 12.2. The van der Waals surface area contributed by atoms with Crippen LogP contribution < -0.4 is 15.4 Å². The summed E-state index contributed by atoms with van der Waals surface area (Å²) >= 11 is 0. The number of phenols is 1. The average molecular weight is 351 g/mol. The number of nitrogens with one attached hydrogen (secondary N) is 2. The summed E-state index contributed by atoms with van der Waals surface area (Å²) in [4.78, 5) is 4.58. The quantitative estimate of drug-likeness (QED) is 0.307. The molecule has 0 saturated heterocycles. The van der Waals surface area contributed by atoms with E-state index in [0.29, 0.717) is 18.9 Å². The Balaban J connectivity index is 2.45. The SMILES string of the molecule is CCCCOCCCNC(=NCc1ccc(O)c(OCC)c1)NCC. The Kier molecular flexibility index (Phi) is 11.3. The van der Waals surface area contributed by atoms with Crippen LogP contribution in [0.15, 0.2) is 23.2 Å². The van der Waals surface area contributed by atoms with Crippen LogP contribution in [0.2, 0.25) is 0 Å². The van der Waals surface area contributed by atoms with Crippen molar-refractivity contribution in [2.45, 2.75) is 46.6 Å². The van der Waals surface area contributed by atoms with Gasteiger partial charge in [-0.15, -0.1) is 0 Å². The van der Waals surface area contributed by atoms with Gasteiger partial charge in [0.15, 0.2) is 17.5 Å². The first-order valence-electron chi connectivity index (χ1n) is 9.25. The molecule has 0 aliphatic carbocycles. The van der Waals surface area contributed by atoms with Gasteiger partial charge in [-0.2, -0.15) is 0 Å². The molecule has 0 heterocycles. The highest BCUT2D eigenvalue weighted by Gasteiger charge is 2.04. The zero-order chi connectivity index (χ0) is 18.3. The molecule has 0 unspecified atom stereocenters. The summed E-state index contributed by atoms with van der Waals surface area (Å²) in [6.45, 7) is 10.4. The molecule has 0 saturated carbocycles. The Labute approximate surface area is 151 Å². The molecule has 25 heavy (non-hydrogen) atoms. The van der Waals surface area contributed by atoms with Gasteiger partial charge >= 0.3 is 0 Å². The molecule has 0 aliphatic rings. The van der Waals surface area contributed by atoms with Crippen LogP contribution in [0, 0.1) is 0 Å². The van der Waals surface area contributed by atoms with Crippen LogP contribution in [0.4, 0.5) is 0 Å². The van der Waals surface area contributed by atoms with E-state index >= 15 is 0 Å². The standard InChI is InChI=1S/C19H33N3O3/c1-4-7-12-24-13-8-11-21-19(20-5-2)22-15-16-9-10-17(23)18(14-16)25-6-3/h9-10,14,23H,4-8,11-13,15H2,1-3H3,(H2,20,21,22). The minimum absolute atomic E-state index is 0.155. The van der Waals surface area contributed by atoms with Crippen molar-refractivity contribution >= 4 is 5.96 Å². The van der Waals surface area contributed by atoms with Crippen molar-refractivity contribution in [3.8, 4) is 11.5 Å². The number of benzene rings is 1. The van der Waals surface area contributed by atoms with Crippen LogP contribution >= 0.6 is 0 Å². The molecular weight excluding hydrogens is 318 g/mol. The second-order valence-corrected chi connectivity index (χ2v) is 5.68. The molecule has 0 fully saturated rings. The maximum atomic E-state index is 9.75. The fourth-order valence-corrected chi connectivity index (χ4v) is 2.17. The fourth-order valence-electron chi connectivity index (χ4n) is 2.17. The van der Waals surface area contributed by atoms with Crippen LogP contribution in [0.25, 0.3) is 0 Å². The van der Waals surface area contributed by atoms with E-state index in [4.69, 9.17) is 9.47 Å². The lowest BCUT2D eigenvalue weighted by atomic mass is 10.2. The van der Waals surface area contributed by atoms with E-state index in [9.17, 15) is 5.11 Å². The van der Waals surface area contributed by atoms with Crippen molar-refractivity contribution in [2.24, 2.45) is 4.99 Å². The third-order valence-corrected chi connectivity index (χ3v) is 3.49. The molecule has 0 aromatic heterocycles. The lowest BCUT2D eigenvalue weighted by Gasteiger charge is -2.12. The molecular formula is C19H33N3O3. The molecule has 0 atom stereocenters. The minimum Gasteiger partial charge on any atom is -0.504 e. The number of guanidine groups is 1. The summed E-state index contributed by atoms with van der Waals surface area (Å²) in [5.74, 6) is 1.43. The van der Waals surface area contributed by atoms with Gasteiger partial charge in [0.2, 0.25) is 0 Å². The molecule has 6 nitrogen and oxygen atoms in total. The molecule has 0 amide bonds. The number of nitrogens with zero attached hydrogens (tertiary/aromatic N) is 1. The van der Waals surface area contributed by atoms with Gasteiger partial charge in [-0.05, 0) is 44.4 Å². The van der Waals surface area contributed by atoms with Crippen LogP contribution in [-0.2, 0) is 11.3 Å². The molecule has 0 aliphatic heterocycles. The van der Waals surface area contributed by atoms with Crippen molar-refractivity contribution in [1.82, 2.24) is 10.6 Å². The second-order valence-electron chi connectivity index (χ2n) is 5.68. The highest BCUT2D eigenvalue weighted by atomic mass is 16.5. The van der Waals surface area contributed by atoms with Crippen LogP contribution in [-0.4, -0.2) is 44.0 Å². The molecule has 142 valence electrons. The maximum Gasteiger partial charge on any atom is 0.191 e.